The lowest BCUT2D eigenvalue weighted by molar-refractivity contribution is 0.156. The lowest BCUT2D eigenvalue weighted by Crippen LogP contribution is -2.27. The van der Waals surface area contributed by atoms with Crippen molar-refractivity contribution < 1.29 is 0 Å². The zero-order valence-electron chi connectivity index (χ0n) is 18.6. The molecule has 0 nitrogen and oxygen atoms in total. The van der Waals surface area contributed by atoms with Crippen molar-refractivity contribution in [1.82, 2.24) is 0 Å². The summed E-state index contributed by atoms with van der Waals surface area (Å²) in [6.45, 7) is 23.7. The smallest absolute Gasteiger partial charge is 0.0223 e. The second-order valence-corrected chi connectivity index (χ2v) is 10.2. The molecule has 0 spiro atoms. The molecule has 0 aliphatic heterocycles. The number of hydrogen-bond acceptors (Lipinski definition) is 0. The quantitative estimate of drug-likeness (QED) is 0.319. The molecule has 152 valence electrons. The lowest BCUT2D eigenvalue weighted by atomic mass is 9.67. The first-order chi connectivity index (χ1) is 12.7. The van der Waals surface area contributed by atoms with E-state index in [1.165, 1.54) is 106 Å². The summed E-state index contributed by atoms with van der Waals surface area (Å²) in [4.78, 5) is 0. The van der Waals surface area contributed by atoms with Gasteiger partial charge in [-0.2, -0.15) is 0 Å². The van der Waals surface area contributed by atoms with Gasteiger partial charge in [0.1, 0.15) is 0 Å². The molecule has 2 aliphatic rings. The van der Waals surface area contributed by atoms with Crippen LogP contribution in [0.15, 0.2) is 48.6 Å². The molecule has 0 aromatic carbocycles. The highest BCUT2D eigenvalue weighted by Crippen LogP contribution is 2.52. The summed E-state index contributed by atoms with van der Waals surface area (Å²) in [5.74, 6) is 0.791. The summed E-state index contributed by atoms with van der Waals surface area (Å²) in [6.07, 6.45) is 17.6. The van der Waals surface area contributed by atoms with Gasteiger partial charge in [0.15, 0.2) is 0 Å². The molecule has 0 heteroatoms. The van der Waals surface area contributed by atoms with Gasteiger partial charge in [0.25, 0.3) is 0 Å². The van der Waals surface area contributed by atoms with Crippen molar-refractivity contribution >= 4 is 0 Å². The van der Waals surface area contributed by atoms with Crippen molar-refractivity contribution in [2.24, 2.45) is 16.7 Å². The van der Waals surface area contributed by atoms with Crippen LogP contribution in [0, 0.1) is 16.7 Å². The second-order valence-electron chi connectivity index (χ2n) is 10.2. The Labute approximate surface area is 169 Å². The van der Waals surface area contributed by atoms with Gasteiger partial charge in [-0.15, -0.1) is 0 Å². The van der Waals surface area contributed by atoms with Gasteiger partial charge >= 0.3 is 0 Å². The monoisotopic (exact) mass is 368 g/mol. The Hall–Kier alpha value is -1.04. The van der Waals surface area contributed by atoms with Crippen LogP contribution in [0.4, 0.5) is 0 Å². The van der Waals surface area contributed by atoms with Crippen LogP contribution in [-0.4, -0.2) is 0 Å². The molecule has 0 aromatic rings. The highest BCUT2D eigenvalue weighted by Gasteiger charge is 2.40. The van der Waals surface area contributed by atoms with E-state index in [-0.39, 0.29) is 0 Å². The van der Waals surface area contributed by atoms with Crippen LogP contribution < -0.4 is 0 Å². The van der Waals surface area contributed by atoms with Crippen LogP contribution in [0.5, 0.6) is 0 Å². The Bertz CT molecular complexity index is 561. The first kappa shape index (κ1) is 22.3. The van der Waals surface area contributed by atoms with Gasteiger partial charge in [-0.25, -0.2) is 0 Å². The molecule has 2 fully saturated rings. The Morgan fingerprint density at radius 3 is 1.78 bits per heavy atom. The van der Waals surface area contributed by atoms with Gasteiger partial charge in [0, 0.05) is 0 Å². The molecule has 2 rings (SSSR count). The van der Waals surface area contributed by atoms with E-state index < -0.39 is 0 Å². The van der Waals surface area contributed by atoms with Crippen LogP contribution in [0.3, 0.4) is 0 Å². The van der Waals surface area contributed by atoms with Gasteiger partial charge in [-0.05, 0) is 75.5 Å². The molecule has 2 saturated carbocycles. The van der Waals surface area contributed by atoms with E-state index in [9.17, 15) is 0 Å². The third kappa shape index (κ3) is 5.72. The minimum atomic E-state index is 0.486. The number of allylic oxidation sites excluding steroid dienone is 4. The fourth-order valence-corrected chi connectivity index (χ4v) is 5.83. The van der Waals surface area contributed by atoms with Crippen molar-refractivity contribution in [2.45, 2.75) is 104 Å². The molecule has 0 bridgehead atoms. The Kier molecular flexibility index (Phi) is 7.78. The number of rotatable bonds is 11. The van der Waals surface area contributed by atoms with Gasteiger partial charge in [0.2, 0.25) is 0 Å². The normalized spacial score (nSPS) is 21.7. The summed E-state index contributed by atoms with van der Waals surface area (Å²) in [5.41, 5.74) is 5.93. The van der Waals surface area contributed by atoms with Gasteiger partial charge in [-0.3, -0.25) is 0 Å². The molecule has 0 aromatic heterocycles. The maximum Gasteiger partial charge on any atom is -0.0223 e. The first-order valence-electron chi connectivity index (χ1n) is 11.4. The molecular formula is C27H44. The zero-order valence-corrected chi connectivity index (χ0v) is 18.6. The molecule has 1 atom stereocenters. The molecule has 0 amide bonds. The standard InChI is InChI=1S/C27H44/c1-21(2)23(5)19-26(14-8-9-15-26)16-12-13-25(7)27(17-10-11-18-27)20-24(6)22(3)4/h25H,1,3,5-6,8-20H2,2,4,7H3. The highest BCUT2D eigenvalue weighted by atomic mass is 14.4. The Morgan fingerprint density at radius 1 is 0.778 bits per heavy atom. The van der Waals surface area contributed by atoms with Crippen molar-refractivity contribution in [3.63, 3.8) is 0 Å². The van der Waals surface area contributed by atoms with Crippen molar-refractivity contribution in [3.05, 3.63) is 48.6 Å². The number of hydrogen-bond donors (Lipinski definition) is 0. The van der Waals surface area contributed by atoms with E-state index in [1.807, 2.05) is 0 Å². The second kappa shape index (κ2) is 9.44. The fraction of sp³-hybridized carbons (Fsp3) is 0.704. The van der Waals surface area contributed by atoms with E-state index >= 15 is 0 Å². The van der Waals surface area contributed by atoms with Gasteiger partial charge in [0.05, 0.1) is 0 Å². The maximum absolute atomic E-state index is 4.33. The van der Waals surface area contributed by atoms with E-state index in [0.29, 0.717) is 10.8 Å². The Balaban J connectivity index is 1.94. The van der Waals surface area contributed by atoms with Crippen LogP contribution in [0.25, 0.3) is 0 Å². The fourth-order valence-electron chi connectivity index (χ4n) is 5.83. The molecule has 1 unspecified atom stereocenters. The minimum Gasteiger partial charge on any atom is -0.0959 e. The molecule has 0 heterocycles. The van der Waals surface area contributed by atoms with Gasteiger partial charge in [-0.1, -0.05) is 94.1 Å². The van der Waals surface area contributed by atoms with E-state index in [4.69, 9.17) is 0 Å². The molecular weight excluding hydrogens is 324 g/mol. The average molecular weight is 369 g/mol. The van der Waals surface area contributed by atoms with Crippen LogP contribution in [-0.2, 0) is 0 Å². The summed E-state index contributed by atoms with van der Waals surface area (Å²) < 4.78 is 0. The zero-order chi connectivity index (χ0) is 20.1. The lowest BCUT2D eigenvalue weighted by Gasteiger charge is -2.38. The largest absolute Gasteiger partial charge is 0.0959 e. The molecule has 0 radical (unpaired) electrons. The topological polar surface area (TPSA) is 0 Å². The summed E-state index contributed by atoms with van der Waals surface area (Å²) in [7, 11) is 0. The van der Waals surface area contributed by atoms with Crippen LogP contribution >= 0.6 is 0 Å². The van der Waals surface area contributed by atoms with E-state index in [2.05, 4.69) is 47.1 Å². The Morgan fingerprint density at radius 2 is 1.26 bits per heavy atom. The van der Waals surface area contributed by atoms with Crippen molar-refractivity contribution in [1.29, 1.82) is 0 Å². The van der Waals surface area contributed by atoms with Crippen LogP contribution in [0.2, 0.25) is 0 Å². The maximum atomic E-state index is 4.33. The third-order valence-electron chi connectivity index (χ3n) is 8.01. The van der Waals surface area contributed by atoms with Crippen molar-refractivity contribution in [2.75, 3.05) is 0 Å². The SMILES string of the molecule is C=C(C)C(=C)CC1(CCCC(C)C2(CC(=C)C(=C)C)CCCC2)CCCC1. The summed E-state index contributed by atoms with van der Waals surface area (Å²) in [6, 6.07) is 0. The molecule has 0 N–H and O–H groups in total. The van der Waals surface area contributed by atoms with Crippen molar-refractivity contribution in [3.8, 4) is 0 Å². The molecule has 2 aliphatic carbocycles. The highest BCUT2D eigenvalue weighted by molar-refractivity contribution is 5.25. The summed E-state index contributed by atoms with van der Waals surface area (Å²) in [5, 5.41) is 0. The van der Waals surface area contributed by atoms with E-state index in [1.54, 1.807) is 0 Å². The molecule has 0 saturated heterocycles. The molecule has 27 heavy (non-hydrogen) atoms. The third-order valence-corrected chi connectivity index (χ3v) is 8.01. The van der Waals surface area contributed by atoms with E-state index in [0.717, 1.165) is 5.92 Å². The minimum absolute atomic E-state index is 0.486. The van der Waals surface area contributed by atoms with Crippen LogP contribution in [0.1, 0.15) is 104 Å². The predicted molar refractivity (Wildman–Crippen MR) is 122 cm³/mol. The van der Waals surface area contributed by atoms with Gasteiger partial charge < -0.3 is 0 Å². The predicted octanol–water partition coefficient (Wildman–Crippen LogP) is 8.96. The first-order valence-corrected chi connectivity index (χ1v) is 11.4. The average Bonchev–Trinajstić information content (AvgIpc) is 3.25. The summed E-state index contributed by atoms with van der Waals surface area (Å²) >= 11 is 0.